The standard InChI is InChI=1S/C18H24N4O4/c1-18(2,3)26-17(24)21-11-15-19-10-13(22-15)16(23)20-9-12-7-5-6-8-14(12)25-4/h5-8,10H,9,11H2,1-4H3,(H,19,22)(H,20,23)(H,21,24). The van der Waals surface area contributed by atoms with E-state index in [1.807, 2.05) is 24.3 Å². The number of nitrogens with zero attached hydrogens (tertiary/aromatic N) is 1. The van der Waals surface area contributed by atoms with E-state index in [4.69, 9.17) is 9.47 Å². The molecular formula is C18H24N4O4. The minimum absolute atomic E-state index is 0.134. The maximum Gasteiger partial charge on any atom is 0.408 e. The number of hydrogen-bond acceptors (Lipinski definition) is 5. The maximum absolute atomic E-state index is 12.2. The number of benzene rings is 1. The maximum atomic E-state index is 12.2. The predicted octanol–water partition coefficient (Wildman–Crippen LogP) is 2.37. The first-order valence-electron chi connectivity index (χ1n) is 8.19. The Hall–Kier alpha value is -3.03. The lowest BCUT2D eigenvalue weighted by Gasteiger charge is -2.19. The fourth-order valence-electron chi connectivity index (χ4n) is 2.15. The second-order valence-corrected chi connectivity index (χ2v) is 6.58. The van der Waals surface area contributed by atoms with Crippen molar-refractivity contribution in [2.75, 3.05) is 7.11 Å². The van der Waals surface area contributed by atoms with Crippen LogP contribution in [-0.4, -0.2) is 34.7 Å². The summed E-state index contributed by atoms with van der Waals surface area (Å²) in [6.07, 6.45) is 0.944. The largest absolute Gasteiger partial charge is 0.496 e. The van der Waals surface area contributed by atoms with Crippen LogP contribution in [0.2, 0.25) is 0 Å². The molecule has 0 aliphatic heterocycles. The fraction of sp³-hybridized carbons (Fsp3) is 0.389. The molecule has 8 nitrogen and oxygen atoms in total. The van der Waals surface area contributed by atoms with Gasteiger partial charge in [-0.15, -0.1) is 0 Å². The lowest BCUT2D eigenvalue weighted by Crippen LogP contribution is -2.32. The Morgan fingerprint density at radius 3 is 2.58 bits per heavy atom. The molecule has 1 aromatic carbocycles. The number of rotatable bonds is 6. The highest BCUT2D eigenvalue weighted by Crippen LogP contribution is 2.16. The molecule has 140 valence electrons. The van der Waals surface area contributed by atoms with Crippen LogP contribution in [0.4, 0.5) is 4.79 Å². The molecule has 0 fully saturated rings. The molecule has 0 aliphatic carbocycles. The van der Waals surface area contributed by atoms with Crippen LogP contribution >= 0.6 is 0 Å². The average molecular weight is 360 g/mol. The van der Waals surface area contributed by atoms with E-state index < -0.39 is 11.7 Å². The summed E-state index contributed by atoms with van der Waals surface area (Å²) in [5.41, 5.74) is 0.531. The van der Waals surface area contributed by atoms with Crippen LogP contribution in [0, 0.1) is 0 Å². The number of amides is 2. The van der Waals surface area contributed by atoms with E-state index in [2.05, 4.69) is 20.6 Å². The number of ether oxygens (including phenoxy) is 2. The molecule has 0 saturated heterocycles. The van der Waals surface area contributed by atoms with Gasteiger partial charge in [0.15, 0.2) is 0 Å². The summed E-state index contributed by atoms with van der Waals surface area (Å²) in [6, 6.07) is 7.44. The normalized spacial score (nSPS) is 10.9. The van der Waals surface area contributed by atoms with Crippen LogP contribution in [0.25, 0.3) is 0 Å². The molecule has 0 aliphatic rings. The molecule has 8 heteroatoms. The van der Waals surface area contributed by atoms with Crippen LogP contribution in [0.1, 0.15) is 42.6 Å². The number of methoxy groups -OCH3 is 1. The van der Waals surface area contributed by atoms with Crippen molar-refractivity contribution in [3.8, 4) is 5.75 Å². The van der Waals surface area contributed by atoms with Gasteiger partial charge in [-0.05, 0) is 26.8 Å². The minimum Gasteiger partial charge on any atom is -0.496 e. The molecule has 2 aromatic rings. The number of carbonyl (C=O) groups excluding carboxylic acids is 2. The number of alkyl carbamates (subject to hydrolysis) is 1. The lowest BCUT2D eigenvalue weighted by molar-refractivity contribution is 0.0522. The van der Waals surface area contributed by atoms with Crippen molar-refractivity contribution in [1.82, 2.24) is 20.6 Å². The molecule has 0 spiro atoms. The average Bonchev–Trinajstić information content (AvgIpc) is 3.05. The van der Waals surface area contributed by atoms with E-state index in [9.17, 15) is 9.59 Å². The topological polar surface area (TPSA) is 105 Å². The zero-order valence-electron chi connectivity index (χ0n) is 15.4. The molecule has 0 atom stereocenters. The van der Waals surface area contributed by atoms with Gasteiger partial charge in [-0.1, -0.05) is 18.2 Å². The molecule has 0 saturated carbocycles. The van der Waals surface area contributed by atoms with Crippen molar-refractivity contribution in [1.29, 1.82) is 0 Å². The number of carbonyl (C=O) groups is 2. The molecule has 1 aromatic heterocycles. The molecule has 2 rings (SSSR count). The summed E-state index contributed by atoms with van der Waals surface area (Å²) in [5.74, 6) is 0.839. The van der Waals surface area contributed by atoms with Crippen LogP contribution < -0.4 is 15.4 Å². The monoisotopic (exact) mass is 360 g/mol. The van der Waals surface area contributed by atoms with E-state index in [0.29, 0.717) is 18.1 Å². The van der Waals surface area contributed by atoms with Gasteiger partial charge < -0.3 is 25.1 Å². The van der Waals surface area contributed by atoms with Crippen molar-refractivity contribution < 1.29 is 19.1 Å². The van der Waals surface area contributed by atoms with E-state index in [-0.39, 0.29) is 18.1 Å². The van der Waals surface area contributed by atoms with Gasteiger partial charge in [0.25, 0.3) is 5.91 Å². The van der Waals surface area contributed by atoms with Gasteiger partial charge in [0.1, 0.15) is 22.9 Å². The molecular weight excluding hydrogens is 336 g/mol. The van der Waals surface area contributed by atoms with Crippen LogP contribution in [0.3, 0.4) is 0 Å². The van der Waals surface area contributed by atoms with E-state index in [1.165, 1.54) is 6.20 Å². The number of nitrogens with one attached hydrogen (secondary N) is 3. The van der Waals surface area contributed by atoms with Gasteiger partial charge in [-0.25, -0.2) is 9.78 Å². The Bertz CT molecular complexity index is 765. The van der Waals surface area contributed by atoms with Crippen molar-refractivity contribution in [3.63, 3.8) is 0 Å². The Kier molecular flexibility index (Phi) is 6.21. The Balaban J connectivity index is 1.86. The van der Waals surface area contributed by atoms with Crippen molar-refractivity contribution in [2.45, 2.75) is 39.5 Å². The predicted molar refractivity (Wildman–Crippen MR) is 95.8 cm³/mol. The zero-order valence-corrected chi connectivity index (χ0v) is 15.4. The van der Waals surface area contributed by atoms with Crippen LogP contribution in [-0.2, 0) is 17.8 Å². The third-order valence-electron chi connectivity index (χ3n) is 3.29. The lowest BCUT2D eigenvalue weighted by atomic mass is 10.2. The third-order valence-corrected chi connectivity index (χ3v) is 3.29. The fourth-order valence-corrected chi connectivity index (χ4v) is 2.15. The number of H-pyrrole nitrogens is 1. The van der Waals surface area contributed by atoms with E-state index in [0.717, 1.165) is 5.56 Å². The molecule has 3 N–H and O–H groups in total. The number of aromatic nitrogens is 2. The van der Waals surface area contributed by atoms with E-state index >= 15 is 0 Å². The Labute approximate surface area is 152 Å². The van der Waals surface area contributed by atoms with Crippen LogP contribution in [0.15, 0.2) is 30.5 Å². The SMILES string of the molecule is COc1ccccc1CNC(=O)c1c[nH]c(CNC(=O)OC(C)(C)C)n1. The highest BCUT2D eigenvalue weighted by Gasteiger charge is 2.16. The minimum atomic E-state index is -0.573. The summed E-state index contributed by atoms with van der Waals surface area (Å²) in [7, 11) is 1.58. The first-order valence-corrected chi connectivity index (χ1v) is 8.19. The van der Waals surface area contributed by atoms with Gasteiger partial charge >= 0.3 is 6.09 Å². The van der Waals surface area contributed by atoms with Gasteiger partial charge in [-0.3, -0.25) is 4.79 Å². The molecule has 0 radical (unpaired) electrons. The number of hydrogen-bond donors (Lipinski definition) is 3. The first kappa shape index (κ1) is 19.3. The summed E-state index contributed by atoms with van der Waals surface area (Å²) in [5, 5.41) is 5.36. The Morgan fingerprint density at radius 2 is 1.88 bits per heavy atom. The van der Waals surface area contributed by atoms with E-state index in [1.54, 1.807) is 27.9 Å². The zero-order chi connectivity index (χ0) is 19.2. The Morgan fingerprint density at radius 1 is 1.15 bits per heavy atom. The highest BCUT2D eigenvalue weighted by atomic mass is 16.6. The number of aromatic amines is 1. The second-order valence-electron chi connectivity index (χ2n) is 6.58. The van der Waals surface area contributed by atoms with Gasteiger partial charge in [0.2, 0.25) is 0 Å². The summed E-state index contributed by atoms with van der Waals surface area (Å²) in [4.78, 5) is 30.9. The summed E-state index contributed by atoms with van der Waals surface area (Å²) in [6.45, 7) is 5.80. The molecule has 2 amide bonds. The molecule has 26 heavy (non-hydrogen) atoms. The molecule has 0 unspecified atom stereocenters. The van der Waals surface area contributed by atoms with Crippen molar-refractivity contribution in [2.24, 2.45) is 0 Å². The quantitative estimate of drug-likeness (QED) is 0.733. The third kappa shape index (κ3) is 5.80. The van der Waals surface area contributed by atoms with Crippen molar-refractivity contribution >= 4 is 12.0 Å². The molecule has 0 bridgehead atoms. The number of imidazole rings is 1. The smallest absolute Gasteiger partial charge is 0.408 e. The first-order chi connectivity index (χ1) is 12.3. The van der Waals surface area contributed by atoms with Gasteiger partial charge in [-0.2, -0.15) is 0 Å². The summed E-state index contributed by atoms with van der Waals surface area (Å²) >= 11 is 0. The highest BCUT2D eigenvalue weighted by molar-refractivity contribution is 5.92. The van der Waals surface area contributed by atoms with Crippen molar-refractivity contribution in [3.05, 3.63) is 47.5 Å². The summed E-state index contributed by atoms with van der Waals surface area (Å²) < 4.78 is 10.4. The second kappa shape index (κ2) is 8.37. The van der Waals surface area contributed by atoms with Gasteiger partial charge in [0.05, 0.1) is 13.7 Å². The van der Waals surface area contributed by atoms with Crippen LogP contribution in [0.5, 0.6) is 5.75 Å². The molecule has 1 heterocycles. The van der Waals surface area contributed by atoms with Gasteiger partial charge in [0, 0.05) is 18.3 Å². The number of para-hydroxylation sites is 1.